The zero-order valence-electron chi connectivity index (χ0n) is 9.56. The molecule has 0 saturated carbocycles. The Bertz CT molecular complexity index is 595. The van der Waals surface area contributed by atoms with Crippen LogP contribution >= 0.6 is 0 Å². The monoisotopic (exact) mass is 246 g/mol. The van der Waals surface area contributed by atoms with E-state index in [9.17, 15) is 9.18 Å². The number of aromatic nitrogens is 3. The van der Waals surface area contributed by atoms with Gasteiger partial charge >= 0.3 is 0 Å². The van der Waals surface area contributed by atoms with E-state index in [0.717, 1.165) is 23.9 Å². The summed E-state index contributed by atoms with van der Waals surface area (Å²) in [5.41, 5.74) is 2.36. The minimum absolute atomic E-state index is 0.200. The number of carbonyl (C=O) groups is 1. The summed E-state index contributed by atoms with van der Waals surface area (Å²) in [6, 6.07) is 1.21. The molecule has 1 aliphatic heterocycles. The molecule has 1 aliphatic rings. The van der Waals surface area contributed by atoms with Gasteiger partial charge in [0.15, 0.2) is 0 Å². The maximum Gasteiger partial charge on any atom is 0.255 e. The molecule has 3 rings (SSSR count). The van der Waals surface area contributed by atoms with Gasteiger partial charge in [0.25, 0.3) is 5.91 Å². The Labute approximate surface area is 103 Å². The third-order valence-corrected chi connectivity index (χ3v) is 3.04. The Hall–Kier alpha value is -2.24. The van der Waals surface area contributed by atoms with Crippen molar-refractivity contribution < 1.29 is 9.18 Å². The van der Waals surface area contributed by atoms with E-state index in [4.69, 9.17) is 0 Å². The molecule has 0 fully saturated rings. The van der Waals surface area contributed by atoms with Crippen LogP contribution in [0.4, 0.5) is 4.39 Å². The van der Waals surface area contributed by atoms with Gasteiger partial charge in [-0.1, -0.05) is 0 Å². The lowest BCUT2D eigenvalue weighted by molar-refractivity contribution is 0.0733. The van der Waals surface area contributed by atoms with E-state index < -0.39 is 5.82 Å². The summed E-state index contributed by atoms with van der Waals surface area (Å²) in [5, 5.41) is 6.85. The predicted octanol–water partition coefficient (Wildman–Crippen LogP) is 1.14. The van der Waals surface area contributed by atoms with Crippen molar-refractivity contribution in [2.45, 2.75) is 13.0 Å². The van der Waals surface area contributed by atoms with Gasteiger partial charge in [0.05, 0.1) is 18.0 Å². The SMILES string of the molecule is O=C(c1cncc(F)c1)N1CCc2[nH]ncc2C1. The Balaban J connectivity index is 1.83. The highest BCUT2D eigenvalue weighted by atomic mass is 19.1. The number of aromatic amines is 1. The number of halogens is 1. The first kappa shape index (κ1) is 10.9. The number of hydrogen-bond acceptors (Lipinski definition) is 3. The van der Waals surface area contributed by atoms with Crippen LogP contribution < -0.4 is 0 Å². The lowest BCUT2D eigenvalue weighted by Gasteiger charge is -2.26. The number of nitrogens with zero attached hydrogens (tertiary/aromatic N) is 3. The standard InChI is InChI=1S/C12H11FN4O/c13-10-3-8(4-14-6-10)12(18)17-2-1-11-9(7-17)5-15-16-11/h3-6H,1-2,7H2,(H,15,16). The van der Waals surface area contributed by atoms with Crippen molar-refractivity contribution in [3.63, 3.8) is 0 Å². The molecule has 0 aliphatic carbocycles. The molecule has 6 heteroatoms. The lowest BCUT2D eigenvalue weighted by Crippen LogP contribution is -2.35. The number of hydrogen-bond donors (Lipinski definition) is 1. The van der Waals surface area contributed by atoms with E-state index in [0.29, 0.717) is 13.1 Å². The first-order valence-electron chi connectivity index (χ1n) is 5.65. The number of H-pyrrole nitrogens is 1. The summed E-state index contributed by atoms with van der Waals surface area (Å²) in [6.45, 7) is 1.10. The largest absolute Gasteiger partial charge is 0.334 e. The maximum absolute atomic E-state index is 13.0. The highest BCUT2D eigenvalue weighted by Crippen LogP contribution is 2.18. The number of nitrogens with one attached hydrogen (secondary N) is 1. The van der Waals surface area contributed by atoms with Crippen molar-refractivity contribution in [1.29, 1.82) is 0 Å². The van der Waals surface area contributed by atoms with Crippen molar-refractivity contribution in [3.8, 4) is 0 Å². The van der Waals surface area contributed by atoms with Gasteiger partial charge in [-0.3, -0.25) is 14.9 Å². The topological polar surface area (TPSA) is 61.9 Å². The van der Waals surface area contributed by atoms with Crippen molar-refractivity contribution in [2.24, 2.45) is 0 Å². The molecule has 92 valence electrons. The van der Waals surface area contributed by atoms with Gasteiger partial charge in [-0.25, -0.2) is 4.39 Å². The van der Waals surface area contributed by atoms with Gasteiger partial charge < -0.3 is 4.90 Å². The van der Waals surface area contributed by atoms with E-state index in [2.05, 4.69) is 15.2 Å². The van der Waals surface area contributed by atoms with Crippen LogP contribution in [0.25, 0.3) is 0 Å². The first-order valence-corrected chi connectivity index (χ1v) is 5.65. The molecule has 0 bridgehead atoms. The smallest absolute Gasteiger partial charge is 0.255 e. The number of fused-ring (bicyclic) bond motifs is 1. The highest BCUT2D eigenvalue weighted by Gasteiger charge is 2.23. The first-order chi connectivity index (χ1) is 8.74. The molecule has 0 atom stereocenters. The third-order valence-electron chi connectivity index (χ3n) is 3.04. The lowest BCUT2D eigenvalue weighted by atomic mass is 10.1. The molecular weight excluding hydrogens is 235 g/mol. The van der Waals surface area contributed by atoms with Gasteiger partial charge in [0, 0.05) is 37.0 Å². The summed E-state index contributed by atoms with van der Waals surface area (Å²) in [6.07, 6.45) is 4.93. The second-order valence-corrected chi connectivity index (χ2v) is 4.24. The number of carbonyl (C=O) groups excluding carboxylic acids is 1. The maximum atomic E-state index is 13.0. The van der Waals surface area contributed by atoms with E-state index in [1.54, 1.807) is 11.1 Å². The van der Waals surface area contributed by atoms with Gasteiger partial charge in [-0.05, 0) is 6.07 Å². The van der Waals surface area contributed by atoms with Gasteiger partial charge in [-0.2, -0.15) is 5.10 Å². The molecule has 5 nitrogen and oxygen atoms in total. The number of rotatable bonds is 1. The second kappa shape index (κ2) is 4.21. The molecule has 0 aromatic carbocycles. The molecule has 0 saturated heterocycles. The van der Waals surface area contributed by atoms with Crippen molar-refractivity contribution in [1.82, 2.24) is 20.1 Å². The Morgan fingerprint density at radius 2 is 2.28 bits per heavy atom. The van der Waals surface area contributed by atoms with E-state index >= 15 is 0 Å². The van der Waals surface area contributed by atoms with Crippen LogP contribution in [-0.4, -0.2) is 32.5 Å². The molecule has 0 radical (unpaired) electrons. The molecule has 1 N–H and O–H groups in total. The molecule has 0 unspecified atom stereocenters. The van der Waals surface area contributed by atoms with Crippen LogP contribution in [0.5, 0.6) is 0 Å². The molecule has 1 amide bonds. The van der Waals surface area contributed by atoms with E-state index in [1.165, 1.54) is 12.3 Å². The zero-order chi connectivity index (χ0) is 12.5. The number of amides is 1. The van der Waals surface area contributed by atoms with Crippen LogP contribution in [0.1, 0.15) is 21.6 Å². The van der Waals surface area contributed by atoms with Crippen LogP contribution in [0.15, 0.2) is 24.7 Å². The summed E-state index contributed by atoms with van der Waals surface area (Å²) >= 11 is 0. The molecular formula is C12H11FN4O. The normalized spacial score (nSPS) is 14.4. The van der Waals surface area contributed by atoms with Crippen LogP contribution in [0.2, 0.25) is 0 Å². The van der Waals surface area contributed by atoms with Crippen LogP contribution in [-0.2, 0) is 13.0 Å². The fourth-order valence-corrected chi connectivity index (χ4v) is 2.11. The van der Waals surface area contributed by atoms with Gasteiger partial charge in [0.2, 0.25) is 0 Å². The second-order valence-electron chi connectivity index (χ2n) is 4.24. The van der Waals surface area contributed by atoms with Crippen LogP contribution in [0, 0.1) is 5.82 Å². The Morgan fingerprint density at radius 3 is 3.11 bits per heavy atom. The summed E-state index contributed by atoms with van der Waals surface area (Å²) in [7, 11) is 0. The molecule has 2 aromatic heterocycles. The minimum atomic E-state index is -0.498. The van der Waals surface area contributed by atoms with E-state index in [-0.39, 0.29) is 11.5 Å². The molecule has 2 aromatic rings. The highest BCUT2D eigenvalue weighted by molar-refractivity contribution is 5.94. The quantitative estimate of drug-likeness (QED) is 0.820. The average Bonchev–Trinajstić information content (AvgIpc) is 2.85. The van der Waals surface area contributed by atoms with Crippen molar-refractivity contribution >= 4 is 5.91 Å². The average molecular weight is 246 g/mol. The van der Waals surface area contributed by atoms with Gasteiger partial charge in [0.1, 0.15) is 5.82 Å². The van der Waals surface area contributed by atoms with Crippen molar-refractivity contribution in [2.75, 3.05) is 6.54 Å². The van der Waals surface area contributed by atoms with Gasteiger partial charge in [-0.15, -0.1) is 0 Å². The van der Waals surface area contributed by atoms with Crippen LogP contribution in [0.3, 0.4) is 0 Å². The Kier molecular flexibility index (Phi) is 2.55. The Morgan fingerprint density at radius 1 is 1.39 bits per heavy atom. The summed E-state index contributed by atoms with van der Waals surface area (Å²) in [5.74, 6) is -0.698. The van der Waals surface area contributed by atoms with E-state index in [1.807, 2.05) is 0 Å². The molecule has 3 heterocycles. The molecule has 0 spiro atoms. The fourth-order valence-electron chi connectivity index (χ4n) is 2.11. The molecule has 18 heavy (non-hydrogen) atoms. The fraction of sp³-hybridized carbons (Fsp3) is 0.250. The summed E-state index contributed by atoms with van der Waals surface area (Å²) in [4.78, 5) is 17.5. The zero-order valence-corrected chi connectivity index (χ0v) is 9.56. The van der Waals surface area contributed by atoms with Crippen molar-refractivity contribution in [3.05, 3.63) is 47.3 Å². The third kappa shape index (κ3) is 1.85. The predicted molar refractivity (Wildman–Crippen MR) is 61.2 cm³/mol. The minimum Gasteiger partial charge on any atom is -0.334 e. The number of pyridine rings is 1. The summed E-state index contributed by atoms with van der Waals surface area (Å²) < 4.78 is 13.0.